The summed E-state index contributed by atoms with van der Waals surface area (Å²) in [5.74, 6) is -1.24. The van der Waals surface area contributed by atoms with E-state index in [1.165, 1.54) is 0 Å². The number of nitrogens with two attached hydrogens (primary N) is 1. The lowest BCUT2D eigenvalue weighted by atomic mass is 9.86. The molecule has 0 aliphatic heterocycles. The standard InChI is InChI=1S/C12H24N2O3/c1-7(2)6-8(11(16)17)14-10(15)9(13)12(3,4)5/h7-9H,6,13H2,1-5H3,(H,14,15)(H,16,17)/t8-,9?/m0/s1. The quantitative estimate of drug-likeness (QED) is 0.672. The molecule has 0 saturated carbocycles. The first kappa shape index (κ1) is 15.9. The van der Waals surface area contributed by atoms with Gasteiger partial charge in [0.1, 0.15) is 6.04 Å². The molecular weight excluding hydrogens is 220 g/mol. The summed E-state index contributed by atoms with van der Waals surface area (Å²) >= 11 is 0. The Bertz CT molecular complexity index is 282. The van der Waals surface area contributed by atoms with E-state index >= 15 is 0 Å². The van der Waals surface area contributed by atoms with Gasteiger partial charge in [0.05, 0.1) is 6.04 Å². The number of hydrogen-bond acceptors (Lipinski definition) is 3. The van der Waals surface area contributed by atoms with Gasteiger partial charge in [0.15, 0.2) is 0 Å². The molecule has 100 valence electrons. The summed E-state index contributed by atoms with van der Waals surface area (Å²) < 4.78 is 0. The van der Waals surface area contributed by atoms with Gasteiger partial charge < -0.3 is 16.2 Å². The number of carboxylic acid groups (broad SMARTS) is 1. The fourth-order valence-corrected chi connectivity index (χ4v) is 1.35. The predicted octanol–water partition coefficient (Wildman–Crippen LogP) is 0.975. The van der Waals surface area contributed by atoms with Gasteiger partial charge >= 0.3 is 5.97 Å². The first-order chi connectivity index (χ1) is 7.55. The molecule has 0 bridgehead atoms. The van der Waals surface area contributed by atoms with Crippen LogP contribution >= 0.6 is 0 Å². The fraction of sp³-hybridized carbons (Fsp3) is 0.833. The average Bonchev–Trinajstić information content (AvgIpc) is 2.13. The van der Waals surface area contributed by atoms with Crippen LogP contribution in [0.1, 0.15) is 41.0 Å². The Labute approximate surface area is 103 Å². The molecule has 0 heterocycles. The molecule has 2 atom stereocenters. The second-order valence-electron chi connectivity index (χ2n) is 5.87. The van der Waals surface area contributed by atoms with Gasteiger partial charge in [-0.15, -0.1) is 0 Å². The number of hydrogen-bond donors (Lipinski definition) is 3. The molecule has 0 spiro atoms. The van der Waals surface area contributed by atoms with Crippen molar-refractivity contribution < 1.29 is 14.7 Å². The summed E-state index contributed by atoms with van der Waals surface area (Å²) in [5, 5.41) is 11.5. The number of aliphatic carboxylic acids is 1. The number of nitrogens with one attached hydrogen (secondary N) is 1. The lowest BCUT2D eigenvalue weighted by Gasteiger charge is -2.27. The highest BCUT2D eigenvalue weighted by atomic mass is 16.4. The number of amides is 1. The molecule has 0 aliphatic carbocycles. The first-order valence-electron chi connectivity index (χ1n) is 5.84. The second kappa shape index (κ2) is 6.00. The molecule has 0 aromatic rings. The van der Waals surface area contributed by atoms with Crippen LogP contribution in [0.3, 0.4) is 0 Å². The lowest BCUT2D eigenvalue weighted by molar-refractivity contribution is -0.142. The van der Waals surface area contributed by atoms with E-state index in [-0.39, 0.29) is 11.3 Å². The van der Waals surface area contributed by atoms with Crippen LogP contribution in [0.15, 0.2) is 0 Å². The zero-order valence-corrected chi connectivity index (χ0v) is 11.3. The van der Waals surface area contributed by atoms with Crippen molar-refractivity contribution in [3.05, 3.63) is 0 Å². The van der Waals surface area contributed by atoms with Crippen LogP contribution < -0.4 is 11.1 Å². The van der Waals surface area contributed by atoms with Crippen molar-refractivity contribution in [2.45, 2.75) is 53.1 Å². The van der Waals surface area contributed by atoms with E-state index in [0.29, 0.717) is 6.42 Å². The summed E-state index contributed by atoms with van der Waals surface area (Å²) in [7, 11) is 0. The highest BCUT2D eigenvalue weighted by molar-refractivity contribution is 5.87. The van der Waals surface area contributed by atoms with E-state index in [1.54, 1.807) is 0 Å². The van der Waals surface area contributed by atoms with Gasteiger partial charge in [-0.25, -0.2) is 4.79 Å². The molecule has 17 heavy (non-hydrogen) atoms. The van der Waals surface area contributed by atoms with E-state index in [1.807, 2.05) is 34.6 Å². The van der Waals surface area contributed by atoms with Gasteiger partial charge in [-0.05, 0) is 17.8 Å². The molecular formula is C12H24N2O3. The minimum Gasteiger partial charge on any atom is -0.480 e. The van der Waals surface area contributed by atoms with Gasteiger partial charge in [-0.2, -0.15) is 0 Å². The highest BCUT2D eigenvalue weighted by Crippen LogP contribution is 2.17. The molecule has 0 saturated heterocycles. The second-order valence-corrected chi connectivity index (χ2v) is 5.87. The lowest BCUT2D eigenvalue weighted by Crippen LogP contribution is -2.53. The van der Waals surface area contributed by atoms with E-state index < -0.39 is 24.0 Å². The normalized spacial score (nSPS) is 15.5. The fourth-order valence-electron chi connectivity index (χ4n) is 1.35. The Hall–Kier alpha value is -1.10. The summed E-state index contributed by atoms with van der Waals surface area (Å²) in [6.07, 6.45) is 0.401. The van der Waals surface area contributed by atoms with Crippen LogP contribution in [-0.4, -0.2) is 29.1 Å². The SMILES string of the molecule is CC(C)C[C@H](NC(=O)C(N)C(C)(C)C)C(=O)O. The molecule has 1 amide bonds. The maximum atomic E-state index is 11.8. The number of carbonyl (C=O) groups is 2. The monoisotopic (exact) mass is 244 g/mol. The smallest absolute Gasteiger partial charge is 0.326 e. The van der Waals surface area contributed by atoms with Crippen LogP contribution in [0.25, 0.3) is 0 Å². The Balaban J connectivity index is 4.57. The molecule has 0 aliphatic rings. The molecule has 1 unspecified atom stereocenters. The Morgan fingerprint density at radius 3 is 2.06 bits per heavy atom. The minimum atomic E-state index is -1.02. The maximum Gasteiger partial charge on any atom is 0.326 e. The van der Waals surface area contributed by atoms with Gasteiger partial charge in [-0.1, -0.05) is 34.6 Å². The first-order valence-corrected chi connectivity index (χ1v) is 5.84. The van der Waals surface area contributed by atoms with Gasteiger partial charge in [0, 0.05) is 0 Å². The molecule has 5 heteroatoms. The Morgan fingerprint density at radius 2 is 1.76 bits per heavy atom. The van der Waals surface area contributed by atoms with Crippen LogP contribution in [0.5, 0.6) is 0 Å². The van der Waals surface area contributed by atoms with Crippen molar-refractivity contribution in [1.82, 2.24) is 5.32 Å². The van der Waals surface area contributed by atoms with Crippen LogP contribution in [-0.2, 0) is 9.59 Å². The number of carbonyl (C=O) groups excluding carboxylic acids is 1. The van der Waals surface area contributed by atoms with Crippen LogP contribution in [0.2, 0.25) is 0 Å². The molecule has 0 radical (unpaired) electrons. The third-order valence-electron chi connectivity index (χ3n) is 2.54. The molecule has 0 aromatic carbocycles. The largest absolute Gasteiger partial charge is 0.480 e. The predicted molar refractivity (Wildman–Crippen MR) is 66.5 cm³/mol. The summed E-state index contributed by atoms with van der Waals surface area (Å²) in [5.41, 5.74) is 5.38. The van der Waals surface area contributed by atoms with E-state index in [2.05, 4.69) is 5.32 Å². The van der Waals surface area contributed by atoms with Gasteiger partial charge in [0.2, 0.25) is 5.91 Å². The van der Waals surface area contributed by atoms with E-state index in [4.69, 9.17) is 10.8 Å². The number of rotatable bonds is 5. The van der Waals surface area contributed by atoms with Gasteiger partial charge in [-0.3, -0.25) is 4.79 Å². The summed E-state index contributed by atoms with van der Waals surface area (Å²) in [6.45, 7) is 9.35. The molecule has 0 rings (SSSR count). The Kier molecular flexibility index (Phi) is 5.61. The van der Waals surface area contributed by atoms with Crippen molar-refractivity contribution in [3.63, 3.8) is 0 Å². The van der Waals surface area contributed by atoms with E-state index in [0.717, 1.165) is 0 Å². The average molecular weight is 244 g/mol. The molecule has 0 aromatic heterocycles. The van der Waals surface area contributed by atoms with Crippen LogP contribution in [0.4, 0.5) is 0 Å². The van der Waals surface area contributed by atoms with Crippen molar-refractivity contribution in [1.29, 1.82) is 0 Å². The molecule has 4 N–H and O–H groups in total. The summed E-state index contributed by atoms with van der Waals surface area (Å²) in [6, 6.07) is -1.58. The third-order valence-corrected chi connectivity index (χ3v) is 2.54. The highest BCUT2D eigenvalue weighted by Gasteiger charge is 2.30. The van der Waals surface area contributed by atoms with Crippen molar-refractivity contribution in [2.75, 3.05) is 0 Å². The Morgan fingerprint density at radius 1 is 1.29 bits per heavy atom. The molecule has 5 nitrogen and oxygen atoms in total. The van der Waals surface area contributed by atoms with E-state index in [9.17, 15) is 9.59 Å². The van der Waals surface area contributed by atoms with Crippen LogP contribution in [0, 0.1) is 11.3 Å². The minimum absolute atomic E-state index is 0.197. The third kappa shape index (κ3) is 5.68. The zero-order valence-electron chi connectivity index (χ0n) is 11.3. The zero-order chi connectivity index (χ0) is 13.8. The maximum absolute atomic E-state index is 11.8. The van der Waals surface area contributed by atoms with Crippen molar-refractivity contribution in [2.24, 2.45) is 17.1 Å². The van der Waals surface area contributed by atoms with Gasteiger partial charge in [0.25, 0.3) is 0 Å². The van der Waals surface area contributed by atoms with Crippen molar-refractivity contribution in [3.8, 4) is 0 Å². The molecule has 0 fully saturated rings. The summed E-state index contributed by atoms with van der Waals surface area (Å²) in [4.78, 5) is 22.8. The topological polar surface area (TPSA) is 92.4 Å². The van der Waals surface area contributed by atoms with Crippen molar-refractivity contribution >= 4 is 11.9 Å². The number of carboxylic acids is 1.